The number of hydrogen-bond acceptors (Lipinski definition) is 2. The molecule has 1 aliphatic carbocycles. The summed E-state index contributed by atoms with van der Waals surface area (Å²) in [6, 6.07) is 0. The Morgan fingerprint density at radius 3 is 2.55 bits per heavy atom. The molecule has 0 aromatic carbocycles. The minimum atomic E-state index is -4.06. The van der Waals surface area contributed by atoms with Gasteiger partial charge in [-0.15, -0.1) is 0 Å². The Bertz CT molecular complexity index is 368. The van der Waals surface area contributed by atoms with Crippen molar-refractivity contribution in [2.75, 3.05) is 26.7 Å². The predicted octanol–water partition coefficient (Wildman–Crippen LogP) is 2.70. The van der Waals surface area contributed by atoms with E-state index in [0.717, 1.165) is 25.9 Å². The highest BCUT2D eigenvalue weighted by Crippen LogP contribution is 2.39. The van der Waals surface area contributed by atoms with E-state index >= 15 is 0 Å². The number of hydrogen-bond donors (Lipinski definition) is 2. The smallest absolute Gasteiger partial charge is 0.376 e. The molecule has 1 aliphatic heterocycles. The van der Waals surface area contributed by atoms with Crippen molar-refractivity contribution in [2.24, 2.45) is 16.8 Å². The van der Waals surface area contributed by atoms with E-state index in [2.05, 4.69) is 15.6 Å². The van der Waals surface area contributed by atoms with E-state index in [1.807, 2.05) is 0 Å². The highest BCUT2D eigenvalue weighted by atomic mass is 19.4. The van der Waals surface area contributed by atoms with Crippen LogP contribution < -0.4 is 10.6 Å². The third-order valence-corrected chi connectivity index (χ3v) is 4.55. The maximum Gasteiger partial charge on any atom is 0.391 e. The molecule has 0 radical (unpaired) electrons. The molecule has 0 bridgehead atoms. The minimum absolute atomic E-state index is 0.0571. The van der Waals surface area contributed by atoms with Gasteiger partial charge in [-0.25, -0.2) is 0 Å². The fraction of sp³-hybridized carbons (Fsp3) is 0.933. The monoisotopic (exact) mass is 321 g/mol. The Hall–Kier alpha value is -0.980. The lowest BCUT2D eigenvalue weighted by atomic mass is 9.81. The van der Waals surface area contributed by atoms with Crippen LogP contribution in [0.15, 0.2) is 4.99 Å². The van der Waals surface area contributed by atoms with Crippen LogP contribution in [0.3, 0.4) is 0 Å². The molecule has 1 saturated heterocycles. The average Bonchev–Trinajstić information content (AvgIpc) is 3.00. The third kappa shape index (κ3) is 5.34. The molecule has 3 atom stereocenters. The van der Waals surface area contributed by atoms with Gasteiger partial charge in [0.05, 0.1) is 12.0 Å². The van der Waals surface area contributed by atoms with Crippen LogP contribution in [0.5, 0.6) is 0 Å². The molecule has 3 unspecified atom stereocenters. The number of rotatable bonds is 4. The minimum Gasteiger partial charge on any atom is -0.376 e. The summed E-state index contributed by atoms with van der Waals surface area (Å²) in [6.45, 7) is 2.03. The van der Waals surface area contributed by atoms with Crippen molar-refractivity contribution in [1.29, 1.82) is 0 Å². The number of nitrogens with one attached hydrogen (secondary N) is 2. The second-order valence-electron chi connectivity index (χ2n) is 6.24. The van der Waals surface area contributed by atoms with Gasteiger partial charge in [0.25, 0.3) is 0 Å². The Kier molecular flexibility index (Phi) is 6.35. The summed E-state index contributed by atoms with van der Waals surface area (Å²) in [4.78, 5) is 4.12. The number of aliphatic imine (C=N–C) groups is 1. The summed E-state index contributed by atoms with van der Waals surface area (Å²) in [6.07, 6.45) is 0.270. The summed E-state index contributed by atoms with van der Waals surface area (Å²) >= 11 is 0. The summed E-state index contributed by atoms with van der Waals surface area (Å²) in [7, 11) is 1.67. The van der Waals surface area contributed by atoms with Gasteiger partial charge in [-0.05, 0) is 38.0 Å². The lowest BCUT2D eigenvalue weighted by Crippen LogP contribution is -2.43. The molecule has 0 aromatic rings. The van der Waals surface area contributed by atoms with E-state index < -0.39 is 12.1 Å². The lowest BCUT2D eigenvalue weighted by Gasteiger charge is -2.31. The largest absolute Gasteiger partial charge is 0.391 e. The molecule has 0 amide bonds. The average molecular weight is 321 g/mol. The van der Waals surface area contributed by atoms with Crippen molar-refractivity contribution >= 4 is 5.96 Å². The number of nitrogens with zero attached hydrogens (tertiary/aromatic N) is 1. The molecule has 1 saturated carbocycles. The Balaban J connectivity index is 1.70. The topological polar surface area (TPSA) is 45.7 Å². The lowest BCUT2D eigenvalue weighted by molar-refractivity contribution is -0.185. The summed E-state index contributed by atoms with van der Waals surface area (Å²) in [5.41, 5.74) is 0. The van der Waals surface area contributed by atoms with Crippen LogP contribution in [0.2, 0.25) is 0 Å². The molecule has 0 spiro atoms. The van der Waals surface area contributed by atoms with Gasteiger partial charge in [-0.1, -0.05) is 6.42 Å². The molecule has 0 aromatic heterocycles. The van der Waals surface area contributed by atoms with Crippen molar-refractivity contribution in [3.8, 4) is 0 Å². The molecule has 2 aliphatic rings. The fourth-order valence-electron chi connectivity index (χ4n) is 3.25. The van der Waals surface area contributed by atoms with E-state index in [4.69, 9.17) is 4.74 Å². The summed E-state index contributed by atoms with van der Waals surface area (Å²) in [5, 5.41) is 6.34. The second-order valence-corrected chi connectivity index (χ2v) is 6.24. The molecule has 2 fully saturated rings. The van der Waals surface area contributed by atoms with Crippen LogP contribution >= 0.6 is 0 Å². The number of halogens is 3. The van der Waals surface area contributed by atoms with Crippen LogP contribution in [0, 0.1) is 11.8 Å². The highest BCUT2D eigenvalue weighted by Gasteiger charge is 2.42. The molecule has 7 heteroatoms. The van der Waals surface area contributed by atoms with E-state index in [1.54, 1.807) is 7.05 Å². The molecule has 128 valence electrons. The first kappa shape index (κ1) is 17.4. The molecule has 2 N–H and O–H groups in total. The van der Waals surface area contributed by atoms with E-state index in [1.165, 1.54) is 0 Å². The molecule has 2 rings (SSSR count). The van der Waals surface area contributed by atoms with Crippen LogP contribution in [0.25, 0.3) is 0 Å². The van der Waals surface area contributed by atoms with Crippen molar-refractivity contribution in [3.05, 3.63) is 0 Å². The van der Waals surface area contributed by atoms with Crippen molar-refractivity contribution < 1.29 is 17.9 Å². The quantitative estimate of drug-likeness (QED) is 0.618. The van der Waals surface area contributed by atoms with Gasteiger partial charge in [-0.3, -0.25) is 4.99 Å². The van der Waals surface area contributed by atoms with Crippen molar-refractivity contribution in [3.63, 3.8) is 0 Å². The highest BCUT2D eigenvalue weighted by molar-refractivity contribution is 5.79. The van der Waals surface area contributed by atoms with Gasteiger partial charge in [0.15, 0.2) is 5.96 Å². The van der Waals surface area contributed by atoms with Gasteiger partial charge >= 0.3 is 6.18 Å². The molecule has 22 heavy (non-hydrogen) atoms. The van der Waals surface area contributed by atoms with Crippen LogP contribution in [-0.4, -0.2) is 45.0 Å². The zero-order chi connectivity index (χ0) is 16.0. The SMILES string of the molecule is CN=C(NCC1CCCC(C(F)(F)F)C1)NCC1CCCO1. The number of guanidine groups is 1. The Labute approximate surface area is 129 Å². The number of alkyl halides is 3. The third-order valence-electron chi connectivity index (χ3n) is 4.55. The van der Waals surface area contributed by atoms with E-state index in [0.29, 0.717) is 25.5 Å². The van der Waals surface area contributed by atoms with E-state index in [-0.39, 0.29) is 24.9 Å². The van der Waals surface area contributed by atoms with Crippen molar-refractivity contribution in [2.45, 2.75) is 50.8 Å². The first-order chi connectivity index (χ1) is 10.5. The van der Waals surface area contributed by atoms with E-state index in [9.17, 15) is 13.2 Å². The zero-order valence-corrected chi connectivity index (χ0v) is 13.1. The van der Waals surface area contributed by atoms with Gasteiger partial charge in [0.1, 0.15) is 0 Å². The van der Waals surface area contributed by atoms with Gasteiger partial charge in [0, 0.05) is 26.7 Å². The molecular formula is C15H26F3N3O. The van der Waals surface area contributed by atoms with Crippen molar-refractivity contribution in [1.82, 2.24) is 10.6 Å². The second kappa shape index (κ2) is 8.04. The maximum atomic E-state index is 12.8. The summed E-state index contributed by atoms with van der Waals surface area (Å²) in [5.74, 6) is -0.443. The maximum absolute atomic E-state index is 12.8. The molecule has 4 nitrogen and oxygen atoms in total. The van der Waals surface area contributed by atoms with Gasteiger partial charge in [0.2, 0.25) is 0 Å². The van der Waals surface area contributed by atoms with Crippen LogP contribution in [-0.2, 0) is 4.74 Å². The normalized spacial score (nSPS) is 30.4. The first-order valence-electron chi connectivity index (χ1n) is 8.12. The summed E-state index contributed by atoms with van der Waals surface area (Å²) < 4.78 is 43.9. The van der Waals surface area contributed by atoms with Crippen LogP contribution in [0.1, 0.15) is 38.5 Å². The first-order valence-corrected chi connectivity index (χ1v) is 8.12. The number of ether oxygens (including phenoxy) is 1. The molecular weight excluding hydrogens is 295 g/mol. The molecule has 1 heterocycles. The zero-order valence-electron chi connectivity index (χ0n) is 13.1. The van der Waals surface area contributed by atoms with Gasteiger partial charge in [-0.2, -0.15) is 13.2 Å². The van der Waals surface area contributed by atoms with Crippen LogP contribution in [0.4, 0.5) is 13.2 Å². The van der Waals surface area contributed by atoms with Gasteiger partial charge < -0.3 is 15.4 Å². The standard InChI is InChI=1S/C15H26F3N3O/c1-19-14(21-10-13-6-3-7-22-13)20-9-11-4-2-5-12(8-11)15(16,17)18/h11-13H,2-10H2,1H3,(H2,19,20,21). The Morgan fingerprint density at radius 1 is 1.14 bits per heavy atom. The predicted molar refractivity (Wildman–Crippen MR) is 79.8 cm³/mol. The fourth-order valence-corrected chi connectivity index (χ4v) is 3.25. The Morgan fingerprint density at radius 2 is 1.91 bits per heavy atom.